The quantitative estimate of drug-likeness (QED) is 0.486. The van der Waals surface area contributed by atoms with Gasteiger partial charge < -0.3 is 19.8 Å². The maximum absolute atomic E-state index is 10.2. The highest BCUT2D eigenvalue weighted by atomic mass is 31.2. The monoisotopic (exact) mass is 360 g/mol. The second-order valence-corrected chi connectivity index (χ2v) is 7.05. The van der Waals surface area contributed by atoms with Gasteiger partial charge in [0.2, 0.25) is 0 Å². The minimum Gasteiger partial charge on any atom is -0.508 e. The molecular formula is C18H33O5P. The fourth-order valence-electron chi connectivity index (χ4n) is 2.63. The molecule has 0 aliphatic carbocycles. The van der Waals surface area contributed by atoms with Crippen LogP contribution in [0.4, 0.5) is 0 Å². The number of phosphoric acid groups is 1. The van der Waals surface area contributed by atoms with Crippen molar-refractivity contribution in [1.82, 2.24) is 0 Å². The summed E-state index contributed by atoms with van der Waals surface area (Å²) in [6.45, 7) is 6.69. The molecule has 0 atom stereocenters. The van der Waals surface area contributed by atoms with E-state index >= 15 is 0 Å². The summed E-state index contributed by atoms with van der Waals surface area (Å²) in [7, 11) is -4.64. The predicted octanol–water partition coefficient (Wildman–Crippen LogP) is 4.49. The number of aromatic hydroxyl groups is 1. The predicted molar refractivity (Wildman–Crippen MR) is 98.2 cm³/mol. The minimum absolute atomic E-state index is 0.514. The molecule has 24 heavy (non-hydrogen) atoms. The summed E-state index contributed by atoms with van der Waals surface area (Å²) in [5.74, 6) is 0.514. The molecule has 6 heteroatoms. The number of aryl methyl sites for hydroxylation is 1. The number of phenolic OH excluding ortho intramolecular Hbond substituents is 1. The van der Waals surface area contributed by atoms with Gasteiger partial charge in [-0.3, -0.25) is 0 Å². The van der Waals surface area contributed by atoms with Crippen LogP contribution in [0.3, 0.4) is 0 Å². The second-order valence-electron chi connectivity index (χ2n) is 6.02. The van der Waals surface area contributed by atoms with Crippen molar-refractivity contribution in [2.45, 2.75) is 78.6 Å². The lowest BCUT2D eigenvalue weighted by atomic mass is 9.90. The van der Waals surface area contributed by atoms with Gasteiger partial charge in [-0.05, 0) is 61.3 Å². The summed E-state index contributed by atoms with van der Waals surface area (Å²) in [6, 6.07) is 4.05. The molecule has 0 unspecified atom stereocenters. The molecule has 140 valence electrons. The van der Waals surface area contributed by atoms with Crippen molar-refractivity contribution in [2.75, 3.05) is 0 Å². The second kappa shape index (κ2) is 12.5. The van der Waals surface area contributed by atoms with E-state index in [0.717, 1.165) is 19.3 Å². The number of hydrogen-bond acceptors (Lipinski definition) is 2. The van der Waals surface area contributed by atoms with Gasteiger partial charge in [0.05, 0.1) is 0 Å². The van der Waals surface area contributed by atoms with E-state index < -0.39 is 7.82 Å². The van der Waals surface area contributed by atoms with Crippen LogP contribution in [-0.2, 0) is 23.8 Å². The highest BCUT2D eigenvalue weighted by Gasteiger charge is 2.12. The average molecular weight is 360 g/mol. The third kappa shape index (κ3) is 10.8. The molecule has 0 fully saturated rings. The number of phenols is 1. The minimum atomic E-state index is -4.64. The van der Waals surface area contributed by atoms with Crippen molar-refractivity contribution in [3.63, 3.8) is 0 Å². The molecule has 0 aliphatic rings. The van der Waals surface area contributed by atoms with Crippen molar-refractivity contribution in [1.29, 1.82) is 0 Å². The van der Waals surface area contributed by atoms with Crippen LogP contribution in [0.1, 0.15) is 76.0 Å². The Morgan fingerprint density at radius 1 is 0.792 bits per heavy atom. The van der Waals surface area contributed by atoms with E-state index in [1.54, 1.807) is 0 Å². The molecule has 0 radical (unpaired) electrons. The number of rotatable bonds is 9. The van der Waals surface area contributed by atoms with Crippen LogP contribution in [0.15, 0.2) is 12.1 Å². The lowest BCUT2D eigenvalue weighted by Crippen LogP contribution is -2.02. The zero-order chi connectivity index (χ0) is 18.6. The van der Waals surface area contributed by atoms with Gasteiger partial charge in [-0.25, -0.2) is 4.57 Å². The van der Waals surface area contributed by atoms with Gasteiger partial charge in [-0.15, -0.1) is 0 Å². The zero-order valence-corrected chi connectivity index (χ0v) is 16.1. The largest absolute Gasteiger partial charge is 0.508 e. The van der Waals surface area contributed by atoms with Crippen LogP contribution in [-0.4, -0.2) is 19.8 Å². The van der Waals surface area contributed by atoms with Crippen molar-refractivity contribution < 1.29 is 24.4 Å². The molecule has 0 bridgehead atoms. The van der Waals surface area contributed by atoms with Crippen molar-refractivity contribution in [3.8, 4) is 5.75 Å². The average Bonchev–Trinajstić information content (AvgIpc) is 2.49. The molecular weight excluding hydrogens is 327 g/mol. The van der Waals surface area contributed by atoms with Crippen molar-refractivity contribution in [3.05, 3.63) is 28.8 Å². The van der Waals surface area contributed by atoms with E-state index in [2.05, 4.69) is 26.8 Å². The Balaban J connectivity index is 0.000000922. The number of unbranched alkanes of at least 4 members (excludes halogenated alkanes) is 3. The van der Waals surface area contributed by atoms with Crippen molar-refractivity contribution in [2.24, 2.45) is 0 Å². The van der Waals surface area contributed by atoms with Crippen molar-refractivity contribution >= 4 is 7.82 Å². The topological polar surface area (TPSA) is 98.0 Å². The summed E-state index contributed by atoms with van der Waals surface area (Å²) in [5.41, 5.74) is 4.15. The number of benzene rings is 1. The van der Waals surface area contributed by atoms with Gasteiger partial charge in [-0.2, -0.15) is 0 Å². The first-order valence-electron chi connectivity index (χ1n) is 8.85. The SMILES string of the molecule is CCCCc1ccc(O)c(CCCC)c1CCCC.O=P(O)(O)O. The van der Waals surface area contributed by atoms with Crippen LogP contribution in [0.5, 0.6) is 5.75 Å². The fraction of sp³-hybridized carbons (Fsp3) is 0.667. The maximum atomic E-state index is 10.2. The third-order valence-electron chi connectivity index (χ3n) is 3.86. The smallest absolute Gasteiger partial charge is 0.466 e. The lowest BCUT2D eigenvalue weighted by molar-refractivity contribution is 0.275. The van der Waals surface area contributed by atoms with E-state index in [1.807, 2.05) is 6.07 Å². The summed E-state index contributed by atoms with van der Waals surface area (Å²) in [6.07, 6.45) is 10.6. The van der Waals surface area contributed by atoms with E-state index in [4.69, 9.17) is 19.2 Å². The molecule has 5 nitrogen and oxygen atoms in total. The normalized spacial score (nSPS) is 11.1. The summed E-state index contributed by atoms with van der Waals surface area (Å²) < 4.78 is 8.88. The van der Waals surface area contributed by atoms with E-state index in [9.17, 15) is 5.11 Å². The molecule has 1 aromatic rings. The molecule has 0 amide bonds. The first kappa shape index (κ1) is 23.1. The number of hydrogen-bond donors (Lipinski definition) is 4. The first-order chi connectivity index (χ1) is 11.2. The van der Waals surface area contributed by atoms with Crippen LogP contribution in [0.2, 0.25) is 0 Å². The molecule has 4 N–H and O–H groups in total. The molecule has 0 spiro atoms. The Morgan fingerprint density at radius 3 is 1.67 bits per heavy atom. The zero-order valence-electron chi connectivity index (χ0n) is 15.2. The van der Waals surface area contributed by atoms with E-state index in [-0.39, 0.29) is 0 Å². The fourth-order valence-corrected chi connectivity index (χ4v) is 2.63. The Kier molecular flexibility index (Phi) is 12.0. The summed E-state index contributed by atoms with van der Waals surface area (Å²) in [5, 5.41) is 10.2. The Hall–Kier alpha value is -0.870. The van der Waals surface area contributed by atoms with Gasteiger partial charge in [0.1, 0.15) is 5.75 Å². The maximum Gasteiger partial charge on any atom is 0.466 e. The molecule has 0 saturated carbocycles. The van der Waals surface area contributed by atoms with Gasteiger partial charge in [-0.1, -0.05) is 46.1 Å². The molecule has 1 aromatic carbocycles. The van der Waals surface area contributed by atoms with Crippen LogP contribution in [0, 0.1) is 0 Å². The van der Waals surface area contributed by atoms with E-state index in [1.165, 1.54) is 55.2 Å². The Bertz CT molecular complexity index is 502. The Labute approximate surface area is 146 Å². The third-order valence-corrected chi connectivity index (χ3v) is 3.86. The van der Waals surface area contributed by atoms with Crippen LogP contribution < -0.4 is 0 Å². The molecule has 1 rings (SSSR count). The van der Waals surface area contributed by atoms with Crippen LogP contribution in [0.25, 0.3) is 0 Å². The standard InChI is InChI=1S/C18H30O.H3O4P/c1-4-7-10-15-13-14-18(19)17(12-9-6-3)16(15)11-8-5-2;1-5(2,3)4/h13-14,19H,4-12H2,1-3H3;(H3,1,2,3,4). The molecule has 0 aliphatic heterocycles. The lowest BCUT2D eigenvalue weighted by Gasteiger charge is -2.16. The van der Waals surface area contributed by atoms with Gasteiger partial charge >= 0.3 is 7.82 Å². The van der Waals surface area contributed by atoms with Gasteiger partial charge in [0, 0.05) is 0 Å². The Morgan fingerprint density at radius 2 is 1.21 bits per heavy atom. The van der Waals surface area contributed by atoms with Crippen LogP contribution >= 0.6 is 7.82 Å². The molecule has 0 heterocycles. The highest BCUT2D eigenvalue weighted by molar-refractivity contribution is 7.45. The molecule has 0 saturated heterocycles. The summed E-state index contributed by atoms with van der Waals surface area (Å²) >= 11 is 0. The van der Waals surface area contributed by atoms with E-state index in [0.29, 0.717) is 5.75 Å². The van der Waals surface area contributed by atoms with Gasteiger partial charge in [0.15, 0.2) is 0 Å². The molecule has 0 aromatic heterocycles. The summed E-state index contributed by atoms with van der Waals surface area (Å²) in [4.78, 5) is 21.6. The highest BCUT2D eigenvalue weighted by Crippen LogP contribution is 2.29. The first-order valence-corrected chi connectivity index (χ1v) is 10.4. The van der Waals surface area contributed by atoms with Gasteiger partial charge in [0.25, 0.3) is 0 Å².